The fourth-order valence-corrected chi connectivity index (χ4v) is 3.97. The molecule has 3 aromatic rings. The van der Waals surface area contributed by atoms with Gasteiger partial charge in [0.25, 0.3) is 0 Å². The van der Waals surface area contributed by atoms with E-state index in [1.54, 1.807) is 6.07 Å². The molecule has 2 heterocycles. The van der Waals surface area contributed by atoms with E-state index in [0.717, 1.165) is 17.7 Å². The number of aromatic amines is 1. The number of nitrogens with one attached hydrogen (secondary N) is 3. The molecule has 184 valence electrons. The average Bonchev–Trinajstić information content (AvgIpc) is 2.82. The van der Waals surface area contributed by atoms with Gasteiger partial charge in [-0.2, -0.15) is 13.2 Å². The first kappa shape index (κ1) is 25.0. The lowest BCUT2D eigenvalue weighted by atomic mass is 10.2. The summed E-state index contributed by atoms with van der Waals surface area (Å²) in [7, 11) is 0. The van der Waals surface area contributed by atoms with Crippen molar-refractivity contribution in [2.24, 2.45) is 4.99 Å². The average molecular weight is 523 g/mol. The van der Waals surface area contributed by atoms with Gasteiger partial charge >= 0.3 is 6.18 Å². The fourth-order valence-electron chi connectivity index (χ4n) is 3.45. The first-order valence-electron chi connectivity index (χ1n) is 10.7. The van der Waals surface area contributed by atoms with Crippen LogP contribution in [0.25, 0.3) is 0 Å². The topological polar surface area (TPSA) is 77.6 Å². The highest BCUT2D eigenvalue weighted by Gasteiger charge is 2.30. The molecule has 1 aliphatic rings. The number of H-pyrrole nitrogens is 1. The van der Waals surface area contributed by atoms with Crippen molar-refractivity contribution in [1.82, 2.24) is 9.97 Å². The number of nitrogens with zero attached hydrogens (tertiary/aromatic N) is 3. The Morgan fingerprint density at radius 2 is 1.89 bits per heavy atom. The van der Waals surface area contributed by atoms with E-state index in [9.17, 15) is 13.2 Å². The van der Waals surface area contributed by atoms with Crippen molar-refractivity contribution < 1.29 is 17.9 Å². The minimum Gasteiger partial charge on any atom is -0.378 e. The first-order valence-corrected chi connectivity index (χ1v) is 11.5. The van der Waals surface area contributed by atoms with Crippen LogP contribution in [0.15, 0.2) is 47.5 Å². The molecule has 3 N–H and O–H groups in total. The highest BCUT2D eigenvalue weighted by atomic mass is 35.5. The van der Waals surface area contributed by atoms with Crippen LogP contribution in [0.3, 0.4) is 0 Å². The minimum absolute atomic E-state index is 0.252. The Labute approximate surface area is 210 Å². The van der Waals surface area contributed by atoms with E-state index in [-0.39, 0.29) is 4.64 Å². The van der Waals surface area contributed by atoms with Crippen molar-refractivity contribution in [3.8, 4) is 0 Å². The summed E-state index contributed by atoms with van der Waals surface area (Å²) in [5.41, 5.74) is 1.60. The molecule has 0 amide bonds. The summed E-state index contributed by atoms with van der Waals surface area (Å²) >= 11 is 11.8. The number of rotatable bonds is 6. The largest absolute Gasteiger partial charge is 0.416 e. The van der Waals surface area contributed by atoms with Gasteiger partial charge < -0.3 is 25.3 Å². The molecule has 35 heavy (non-hydrogen) atoms. The first-order chi connectivity index (χ1) is 16.7. The Hall–Kier alpha value is -3.15. The molecular formula is C23H22ClF3N6OS. The summed E-state index contributed by atoms with van der Waals surface area (Å²) in [5, 5.41) is 6.64. The lowest BCUT2D eigenvalue weighted by molar-refractivity contribution is -0.137. The van der Waals surface area contributed by atoms with Crippen LogP contribution >= 0.6 is 23.8 Å². The molecule has 0 saturated carbocycles. The van der Waals surface area contributed by atoms with E-state index < -0.39 is 11.7 Å². The third kappa shape index (κ3) is 6.11. The van der Waals surface area contributed by atoms with Gasteiger partial charge in [0.1, 0.15) is 11.5 Å². The van der Waals surface area contributed by atoms with Crippen molar-refractivity contribution in [2.45, 2.75) is 13.1 Å². The second kappa shape index (κ2) is 10.6. The SMILES string of the molecule is Cc1cccc(Cl)c1N=CNc1c(Nc2ccc(C(F)(F)F)cc2)[nH]c(N2CCOCC2)nc1=S. The van der Waals surface area contributed by atoms with E-state index in [4.69, 9.17) is 28.6 Å². The number of para-hydroxylation sites is 1. The quantitative estimate of drug-likeness (QED) is 0.196. The predicted molar refractivity (Wildman–Crippen MR) is 135 cm³/mol. The van der Waals surface area contributed by atoms with Crippen LogP contribution < -0.4 is 15.5 Å². The maximum absolute atomic E-state index is 13.0. The third-order valence-electron chi connectivity index (χ3n) is 5.29. The standard InChI is InChI=1S/C23H22ClF3N6OS/c1-14-3-2-4-17(24)18(14)28-13-29-19-20(30-16-7-5-15(6-8-16)23(25,26)27)31-22(32-21(19)35)33-9-11-34-12-10-33/h2-8,13H,9-12H2,1H3,(H,28,29)(H2,30,31,32,35). The van der Waals surface area contributed by atoms with E-state index >= 15 is 0 Å². The molecule has 1 aromatic heterocycles. The maximum atomic E-state index is 13.0. The summed E-state index contributed by atoms with van der Waals surface area (Å²) in [5.74, 6) is 0.950. The van der Waals surface area contributed by atoms with Crippen LogP contribution in [-0.2, 0) is 10.9 Å². The number of hydrogen-bond donors (Lipinski definition) is 3. The molecule has 0 bridgehead atoms. The second-order valence-corrected chi connectivity index (χ2v) is 8.52. The van der Waals surface area contributed by atoms with Crippen LogP contribution in [0.4, 0.5) is 42.0 Å². The van der Waals surface area contributed by atoms with Crippen LogP contribution in [0, 0.1) is 11.6 Å². The van der Waals surface area contributed by atoms with Crippen molar-refractivity contribution in [1.29, 1.82) is 0 Å². The molecule has 0 aliphatic carbocycles. The van der Waals surface area contributed by atoms with E-state index in [2.05, 4.69) is 25.6 Å². The number of alkyl halides is 3. The Morgan fingerprint density at radius 1 is 1.17 bits per heavy atom. The van der Waals surface area contributed by atoms with Gasteiger partial charge in [-0.3, -0.25) is 0 Å². The number of aryl methyl sites for hydroxylation is 1. The molecule has 2 aromatic carbocycles. The molecule has 1 saturated heterocycles. The number of hydrogen-bond acceptors (Lipinski definition) is 6. The highest BCUT2D eigenvalue weighted by molar-refractivity contribution is 7.71. The zero-order valence-corrected chi connectivity index (χ0v) is 20.2. The van der Waals surface area contributed by atoms with Crippen molar-refractivity contribution in [2.75, 3.05) is 41.8 Å². The number of aromatic nitrogens is 2. The number of benzene rings is 2. The number of anilines is 4. The van der Waals surface area contributed by atoms with Crippen molar-refractivity contribution in [3.63, 3.8) is 0 Å². The van der Waals surface area contributed by atoms with Gasteiger partial charge in [-0.25, -0.2) is 9.98 Å². The van der Waals surface area contributed by atoms with Gasteiger partial charge in [0.2, 0.25) is 5.95 Å². The van der Waals surface area contributed by atoms with Gasteiger partial charge in [-0.1, -0.05) is 36.0 Å². The van der Waals surface area contributed by atoms with Gasteiger partial charge in [-0.15, -0.1) is 0 Å². The maximum Gasteiger partial charge on any atom is 0.416 e. The number of morpholine rings is 1. The van der Waals surface area contributed by atoms with Gasteiger partial charge in [-0.05, 0) is 42.8 Å². The molecule has 7 nitrogen and oxygen atoms in total. The molecule has 12 heteroatoms. The van der Waals surface area contributed by atoms with Crippen molar-refractivity contribution >= 4 is 59.0 Å². The monoisotopic (exact) mass is 522 g/mol. The lowest BCUT2D eigenvalue weighted by Gasteiger charge is -2.28. The number of ether oxygens (including phenoxy) is 1. The zero-order chi connectivity index (χ0) is 25.0. The predicted octanol–water partition coefficient (Wildman–Crippen LogP) is 6.47. The third-order valence-corrected chi connectivity index (χ3v) is 5.89. The van der Waals surface area contributed by atoms with Gasteiger partial charge in [0.15, 0.2) is 4.64 Å². The lowest BCUT2D eigenvalue weighted by Crippen LogP contribution is -2.37. The van der Waals surface area contributed by atoms with Crippen LogP contribution in [-0.4, -0.2) is 42.6 Å². The molecule has 0 unspecified atom stereocenters. The molecule has 0 radical (unpaired) electrons. The van der Waals surface area contributed by atoms with Gasteiger partial charge in [0.05, 0.1) is 35.8 Å². The summed E-state index contributed by atoms with van der Waals surface area (Å²) in [4.78, 5) is 14.1. The van der Waals surface area contributed by atoms with E-state index in [1.165, 1.54) is 18.5 Å². The van der Waals surface area contributed by atoms with E-state index in [0.29, 0.717) is 60.2 Å². The molecule has 0 atom stereocenters. The summed E-state index contributed by atoms with van der Waals surface area (Å²) in [6, 6.07) is 10.2. The van der Waals surface area contributed by atoms with Crippen LogP contribution in [0.5, 0.6) is 0 Å². The van der Waals surface area contributed by atoms with Gasteiger partial charge in [0, 0.05) is 18.8 Å². The Bertz CT molecular complexity index is 1250. The normalized spacial score (nSPS) is 14.4. The number of halogens is 4. The fraction of sp³-hybridized carbons (Fsp3) is 0.261. The van der Waals surface area contributed by atoms with Crippen LogP contribution in [0.2, 0.25) is 5.02 Å². The molecule has 4 rings (SSSR count). The van der Waals surface area contributed by atoms with Crippen LogP contribution in [0.1, 0.15) is 11.1 Å². The summed E-state index contributed by atoms with van der Waals surface area (Å²) in [6.07, 6.45) is -2.97. The smallest absolute Gasteiger partial charge is 0.378 e. The second-order valence-electron chi connectivity index (χ2n) is 7.72. The Morgan fingerprint density at radius 3 is 2.54 bits per heavy atom. The molecule has 0 spiro atoms. The zero-order valence-electron chi connectivity index (χ0n) is 18.6. The van der Waals surface area contributed by atoms with E-state index in [1.807, 2.05) is 24.0 Å². The number of aliphatic imine (C=N–C) groups is 1. The summed E-state index contributed by atoms with van der Waals surface area (Å²) < 4.78 is 44.5. The Kier molecular flexibility index (Phi) is 7.58. The molecule has 1 fully saturated rings. The molecule has 1 aliphatic heterocycles. The Balaban J connectivity index is 1.66. The highest BCUT2D eigenvalue weighted by Crippen LogP contribution is 2.32. The summed E-state index contributed by atoms with van der Waals surface area (Å²) in [6.45, 7) is 4.23. The minimum atomic E-state index is -4.42. The molecular weight excluding hydrogens is 501 g/mol. The van der Waals surface area contributed by atoms with Crippen molar-refractivity contribution in [3.05, 3.63) is 63.3 Å².